The van der Waals surface area contributed by atoms with Crippen LogP contribution >= 0.6 is 0 Å². The Morgan fingerprint density at radius 3 is 2.29 bits per heavy atom. The van der Waals surface area contributed by atoms with Crippen LogP contribution in [-0.2, 0) is 4.79 Å². The van der Waals surface area contributed by atoms with Crippen LogP contribution in [0.2, 0.25) is 0 Å². The lowest BCUT2D eigenvalue weighted by Gasteiger charge is -2.29. The van der Waals surface area contributed by atoms with Gasteiger partial charge in [-0.2, -0.15) is 0 Å². The Bertz CT molecular complexity index is 510. The second kappa shape index (κ2) is 6.74. The quantitative estimate of drug-likeness (QED) is 0.801. The Hall–Kier alpha value is -1.84. The molecular weight excluding hydrogens is 266 g/mol. The standard InChI is InChI=1S/C17H23NO3/c1-12-9-15(11-19)10-13(2)16(12)21-14(3)17(20)18-7-5-4-6-8-18/h9-11,14H,4-8H2,1-3H3. The van der Waals surface area contributed by atoms with Gasteiger partial charge >= 0.3 is 0 Å². The SMILES string of the molecule is Cc1cc(C=O)cc(C)c1OC(C)C(=O)N1CCCCC1. The third kappa shape index (κ3) is 3.63. The summed E-state index contributed by atoms with van der Waals surface area (Å²) in [6.07, 6.45) is 3.67. The number of carbonyl (C=O) groups is 2. The van der Waals surface area contributed by atoms with E-state index >= 15 is 0 Å². The summed E-state index contributed by atoms with van der Waals surface area (Å²) in [5, 5.41) is 0. The Kier molecular flexibility index (Phi) is 4.99. The van der Waals surface area contributed by atoms with E-state index in [4.69, 9.17) is 4.74 Å². The van der Waals surface area contributed by atoms with E-state index in [2.05, 4.69) is 0 Å². The van der Waals surface area contributed by atoms with Crippen LogP contribution in [0, 0.1) is 13.8 Å². The highest BCUT2D eigenvalue weighted by molar-refractivity contribution is 5.81. The normalized spacial score (nSPS) is 16.4. The number of rotatable bonds is 4. The highest BCUT2D eigenvalue weighted by Crippen LogP contribution is 2.26. The molecule has 0 bridgehead atoms. The van der Waals surface area contributed by atoms with E-state index in [9.17, 15) is 9.59 Å². The minimum atomic E-state index is -0.498. The fraction of sp³-hybridized carbons (Fsp3) is 0.529. The Morgan fingerprint density at radius 2 is 1.76 bits per heavy atom. The van der Waals surface area contributed by atoms with E-state index in [0.29, 0.717) is 11.3 Å². The average Bonchev–Trinajstić information content (AvgIpc) is 2.50. The predicted molar refractivity (Wildman–Crippen MR) is 81.8 cm³/mol. The topological polar surface area (TPSA) is 46.6 Å². The van der Waals surface area contributed by atoms with Gasteiger partial charge in [-0.1, -0.05) is 0 Å². The predicted octanol–water partition coefficient (Wildman–Crippen LogP) is 2.90. The third-order valence-electron chi connectivity index (χ3n) is 3.93. The minimum absolute atomic E-state index is 0.0490. The van der Waals surface area contributed by atoms with Crippen LogP contribution in [0.1, 0.15) is 47.7 Å². The molecule has 1 aliphatic rings. The van der Waals surface area contributed by atoms with Gasteiger partial charge in [-0.3, -0.25) is 9.59 Å². The molecule has 4 heteroatoms. The number of piperidine rings is 1. The smallest absolute Gasteiger partial charge is 0.263 e. The summed E-state index contributed by atoms with van der Waals surface area (Å²) in [6, 6.07) is 3.57. The van der Waals surface area contributed by atoms with Crippen LogP contribution in [-0.4, -0.2) is 36.3 Å². The summed E-state index contributed by atoms with van der Waals surface area (Å²) >= 11 is 0. The maximum Gasteiger partial charge on any atom is 0.263 e. The Balaban J connectivity index is 2.10. The molecule has 21 heavy (non-hydrogen) atoms. The van der Waals surface area contributed by atoms with Crippen molar-refractivity contribution < 1.29 is 14.3 Å². The van der Waals surface area contributed by atoms with Gasteiger partial charge < -0.3 is 9.64 Å². The molecule has 1 saturated heterocycles. The number of nitrogens with zero attached hydrogens (tertiary/aromatic N) is 1. The number of aryl methyl sites for hydroxylation is 2. The first-order chi connectivity index (χ1) is 10.0. The number of amides is 1. The zero-order chi connectivity index (χ0) is 15.4. The van der Waals surface area contributed by atoms with E-state index in [1.165, 1.54) is 6.42 Å². The molecule has 0 radical (unpaired) electrons. The summed E-state index contributed by atoms with van der Waals surface area (Å²) in [5.41, 5.74) is 2.40. The number of hydrogen-bond acceptors (Lipinski definition) is 3. The highest BCUT2D eigenvalue weighted by atomic mass is 16.5. The molecule has 4 nitrogen and oxygen atoms in total. The lowest BCUT2D eigenvalue weighted by Crippen LogP contribution is -2.43. The first-order valence-electron chi connectivity index (χ1n) is 7.55. The number of likely N-dealkylation sites (tertiary alicyclic amines) is 1. The number of hydrogen-bond donors (Lipinski definition) is 0. The molecule has 0 aliphatic carbocycles. The van der Waals surface area contributed by atoms with Gasteiger partial charge in [0.25, 0.3) is 5.91 Å². The molecule has 0 aromatic heterocycles. The lowest BCUT2D eigenvalue weighted by atomic mass is 10.1. The first-order valence-corrected chi connectivity index (χ1v) is 7.55. The molecule has 0 N–H and O–H groups in total. The fourth-order valence-electron chi connectivity index (χ4n) is 2.84. The maximum atomic E-state index is 12.4. The molecule has 1 heterocycles. The molecule has 1 amide bonds. The van der Waals surface area contributed by atoms with Crippen LogP contribution < -0.4 is 4.74 Å². The first kappa shape index (κ1) is 15.5. The minimum Gasteiger partial charge on any atom is -0.480 e. The second-order valence-corrected chi connectivity index (χ2v) is 5.75. The Morgan fingerprint density at radius 1 is 1.19 bits per heavy atom. The molecule has 1 unspecified atom stereocenters. The number of carbonyl (C=O) groups excluding carboxylic acids is 2. The molecule has 2 rings (SSSR count). The highest BCUT2D eigenvalue weighted by Gasteiger charge is 2.24. The van der Waals surface area contributed by atoms with E-state index in [-0.39, 0.29) is 5.91 Å². The average molecular weight is 289 g/mol. The number of ether oxygens (including phenoxy) is 1. The zero-order valence-electron chi connectivity index (χ0n) is 13.0. The van der Waals surface area contributed by atoms with E-state index in [1.54, 1.807) is 19.1 Å². The van der Waals surface area contributed by atoms with Crippen molar-refractivity contribution >= 4 is 12.2 Å². The van der Waals surface area contributed by atoms with Gasteiger partial charge in [0, 0.05) is 18.7 Å². The summed E-state index contributed by atoms with van der Waals surface area (Å²) in [6.45, 7) is 7.24. The van der Waals surface area contributed by atoms with Gasteiger partial charge in [-0.25, -0.2) is 0 Å². The van der Waals surface area contributed by atoms with Gasteiger partial charge in [0.15, 0.2) is 6.10 Å². The van der Waals surface area contributed by atoms with Crippen LogP contribution in [0.4, 0.5) is 0 Å². The van der Waals surface area contributed by atoms with Crippen molar-refractivity contribution in [1.82, 2.24) is 4.90 Å². The van der Waals surface area contributed by atoms with Crippen LogP contribution in [0.15, 0.2) is 12.1 Å². The van der Waals surface area contributed by atoms with Crippen LogP contribution in [0.3, 0.4) is 0 Å². The van der Waals surface area contributed by atoms with Gasteiger partial charge in [0.1, 0.15) is 12.0 Å². The third-order valence-corrected chi connectivity index (χ3v) is 3.93. The van der Waals surface area contributed by atoms with Gasteiger partial charge in [-0.05, 0) is 63.3 Å². The largest absolute Gasteiger partial charge is 0.480 e. The number of benzene rings is 1. The second-order valence-electron chi connectivity index (χ2n) is 5.75. The van der Waals surface area contributed by atoms with Crippen molar-refractivity contribution in [2.45, 2.75) is 46.1 Å². The fourth-order valence-corrected chi connectivity index (χ4v) is 2.84. The molecule has 1 aromatic carbocycles. The van der Waals surface area contributed by atoms with Gasteiger partial charge in [0.2, 0.25) is 0 Å². The van der Waals surface area contributed by atoms with Crippen molar-refractivity contribution in [2.75, 3.05) is 13.1 Å². The molecule has 0 spiro atoms. The Labute approximate surface area is 126 Å². The summed E-state index contributed by atoms with van der Waals surface area (Å²) < 4.78 is 5.88. The summed E-state index contributed by atoms with van der Waals surface area (Å²) in [5.74, 6) is 0.756. The molecule has 1 atom stereocenters. The van der Waals surface area contributed by atoms with Crippen molar-refractivity contribution in [3.05, 3.63) is 28.8 Å². The van der Waals surface area contributed by atoms with Gasteiger partial charge in [-0.15, -0.1) is 0 Å². The van der Waals surface area contributed by atoms with E-state index in [0.717, 1.165) is 43.3 Å². The lowest BCUT2D eigenvalue weighted by molar-refractivity contribution is -0.138. The monoisotopic (exact) mass is 289 g/mol. The van der Waals surface area contributed by atoms with Crippen molar-refractivity contribution in [2.24, 2.45) is 0 Å². The summed E-state index contributed by atoms with van der Waals surface area (Å²) in [4.78, 5) is 25.1. The molecular formula is C17H23NO3. The molecule has 0 saturated carbocycles. The van der Waals surface area contributed by atoms with E-state index in [1.807, 2.05) is 18.7 Å². The van der Waals surface area contributed by atoms with Crippen LogP contribution in [0.5, 0.6) is 5.75 Å². The van der Waals surface area contributed by atoms with E-state index < -0.39 is 6.10 Å². The van der Waals surface area contributed by atoms with Crippen molar-refractivity contribution in [1.29, 1.82) is 0 Å². The molecule has 1 aromatic rings. The van der Waals surface area contributed by atoms with Crippen molar-refractivity contribution in [3.8, 4) is 5.75 Å². The van der Waals surface area contributed by atoms with Crippen molar-refractivity contribution in [3.63, 3.8) is 0 Å². The molecule has 114 valence electrons. The van der Waals surface area contributed by atoms with Crippen LogP contribution in [0.25, 0.3) is 0 Å². The maximum absolute atomic E-state index is 12.4. The molecule has 1 aliphatic heterocycles. The van der Waals surface area contributed by atoms with Gasteiger partial charge in [0.05, 0.1) is 0 Å². The molecule has 1 fully saturated rings. The zero-order valence-corrected chi connectivity index (χ0v) is 13.0. The number of aldehydes is 1. The summed E-state index contributed by atoms with van der Waals surface area (Å²) in [7, 11) is 0.